The summed E-state index contributed by atoms with van der Waals surface area (Å²) in [6.45, 7) is 6.93. The molecule has 0 atom stereocenters. The third kappa shape index (κ3) is 3.40. The van der Waals surface area contributed by atoms with Gasteiger partial charge in [-0.25, -0.2) is 9.97 Å². The second-order valence-electron chi connectivity index (χ2n) is 5.30. The molecule has 0 spiro atoms. The van der Waals surface area contributed by atoms with E-state index in [2.05, 4.69) is 51.4 Å². The molecule has 0 radical (unpaired) electrons. The van der Waals surface area contributed by atoms with E-state index in [9.17, 15) is 0 Å². The molecule has 1 aliphatic carbocycles. The predicted octanol–water partition coefficient (Wildman–Crippen LogP) is 3.91. The molecule has 0 unspecified atom stereocenters. The van der Waals surface area contributed by atoms with Gasteiger partial charge in [0.15, 0.2) is 0 Å². The van der Waals surface area contributed by atoms with Crippen molar-refractivity contribution in [1.29, 1.82) is 0 Å². The highest BCUT2D eigenvalue weighted by molar-refractivity contribution is 5.64. The first-order valence-corrected chi connectivity index (χ1v) is 7.39. The maximum Gasteiger partial charge on any atom is 0.223 e. The molecule has 3 rings (SSSR count). The zero-order valence-electron chi connectivity index (χ0n) is 12.3. The van der Waals surface area contributed by atoms with Gasteiger partial charge in [0.05, 0.1) is 5.69 Å². The zero-order chi connectivity index (χ0) is 14.7. The summed E-state index contributed by atoms with van der Waals surface area (Å²) in [5, 5.41) is 6.50. The highest BCUT2D eigenvalue weighted by Crippen LogP contribution is 2.35. The molecule has 108 valence electrons. The fourth-order valence-electron chi connectivity index (χ4n) is 2.21. The molecule has 1 aromatic carbocycles. The predicted molar refractivity (Wildman–Crippen MR) is 87.1 cm³/mol. The van der Waals surface area contributed by atoms with E-state index in [0.717, 1.165) is 29.2 Å². The molecule has 0 amide bonds. The quantitative estimate of drug-likeness (QED) is 0.842. The van der Waals surface area contributed by atoms with Crippen molar-refractivity contribution in [3.8, 4) is 11.3 Å². The van der Waals surface area contributed by atoms with Crippen molar-refractivity contribution in [2.24, 2.45) is 5.92 Å². The summed E-state index contributed by atoms with van der Waals surface area (Å²) in [5.41, 5.74) is 4.21. The number of aromatic nitrogens is 2. The number of allylic oxidation sites excluding steroid dienone is 1. The van der Waals surface area contributed by atoms with Crippen LogP contribution in [0.3, 0.4) is 0 Å². The fraction of sp³-hybridized carbons (Fsp3) is 0.294. The zero-order valence-corrected chi connectivity index (χ0v) is 12.3. The molecular formula is C17H20N4. The lowest BCUT2D eigenvalue weighted by molar-refractivity contribution is 1.02. The lowest BCUT2D eigenvalue weighted by Crippen LogP contribution is -2.02. The molecule has 21 heavy (non-hydrogen) atoms. The highest BCUT2D eigenvalue weighted by Gasteiger charge is 2.24. The minimum Gasteiger partial charge on any atom is -0.359 e. The van der Waals surface area contributed by atoms with Gasteiger partial charge in [-0.1, -0.05) is 18.7 Å². The number of benzene rings is 1. The fourth-order valence-corrected chi connectivity index (χ4v) is 2.21. The number of nitrogens with zero attached hydrogens (tertiary/aromatic N) is 2. The van der Waals surface area contributed by atoms with Crippen LogP contribution in [0.5, 0.6) is 0 Å². The van der Waals surface area contributed by atoms with Gasteiger partial charge < -0.3 is 10.6 Å². The van der Waals surface area contributed by atoms with E-state index in [4.69, 9.17) is 0 Å². The van der Waals surface area contributed by atoms with Crippen LogP contribution in [0.15, 0.2) is 48.8 Å². The molecule has 0 bridgehead atoms. The van der Waals surface area contributed by atoms with E-state index in [1.54, 1.807) is 6.20 Å². The largest absolute Gasteiger partial charge is 0.359 e. The van der Waals surface area contributed by atoms with Gasteiger partial charge >= 0.3 is 0 Å². The minimum absolute atomic E-state index is 0.661. The van der Waals surface area contributed by atoms with Crippen LogP contribution in [0.25, 0.3) is 11.3 Å². The Balaban J connectivity index is 1.73. The Kier molecular flexibility index (Phi) is 3.86. The molecular weight excluding hydrogens is 260 g/mol. The van der Waals surface area contributed by atoms with Gasteiger partial charge in [0, 0.05) is 29.7 Å². The summed E-state index contributed by atoms with van der Waals surface area (Å²) in [7, 11) is 0. The summed E-state index contributed by atoms with van der Waals surface area (Å²) in [6, 6.07) is 10.2. The Bertz CT molecular complexity index is 629. The molecule has 1 heterocycles. The van der Waals surface area contributed by atoms with Gasteiger partial charge in [-0.3, -0.25) is 0 Å². The second-order valence-corrected chi connectivity index (χ2v) is 5.30. The molecule has 1 aromatic heterocycles. The van der Waals surface area contributed by atoms with Crippen molar-refractivity contribution < 1.29 is 0 Å². The van der Waals surface area contributed by atoms with Crippen molar-refractivity contribution >= 4 is 11.6 Å². The Labute approximate surface area is 125 Å². The highest BCUT2D eigenvalue weighted by atomic mass is 15.1. The third-order valence-corrected chi connectivity index (χ3v) is 3.55. The first-order chi connectivity index (χ1) is 10.3. The molecule has 2 aromatic rings. The molecule has 1 fully saturated rings. The molecule has 0 aliphatic heterocycles. The first-order valence-electron chi connectivity index (χ1n) is 7.39. The Morgan fingerprint density at radius 2 is 2.00 bits per heavy atom. The van der Waals surface area contributed by atoms with Crippen LogP contribution >= 0.6 is 0 Å². The average Bonchev–Trinajstić information content (AvgIpc) is 3.33. The summed E-state index contributed by atoms with van der Waals surface area (Å²) < 4.78 is 0. The average molecular weight is 280 g/mol. The van der Waals surface area contributed by atoms with E-state index < -0.39 is 0 Å². The lowest BCUT2D eigenvalue weighted by Gasteiger charge is -2.09. The number of hydrogen-bond donors (Lipinski definition) is 2. The summed E-state index contributed by atoms with van der Waals surface area (Å²) in [5.74, 6) is 1.33. The van der Waals surface area contributed by atoms with Gasteiger partial charge in [-0.05, 0) is 43.9 Å². The van der Waals surface area contributed by atoms with Gasteiger partial charge in [0.25, 0.3) is 0 Å². The maximum absolute atomic E-state index is 4.50. The second kappa shape index (κ2) is 5.95. The lowest BCUT2D eigenvalue weighted by atomic mass is 10.1. The van der Waals surface area contributed by atoms with Gasteiger partial charge in [0.2, 0.25) is 5.95 Å². The Hall–Kier alpha value is -2.36. The summed E-state index contributed by atoms with van der Waals surface area (Å²) in [4.78, 5) is 8.69. The topological polar surface area (TPSA) is 49.8 Å². The van der Waals surface area contributed by atoms with Crippen molar-refractivity contribution in [3.05, 3.63) is 48.8 Å². The van der Waals surface area contributed by atoms with Gasteiger partial charge in [-0.15, -0.1) is 0 Å². The Morgan fingerprint density at radius 1 is 1.24 bits per heavy atom. The summed E-state index contributed by atoms with van der Waals surface area (Å²) >= 11 is 0. The number of anilines is 2. The van der Waals surface area contributed by atoms with E-state index in [0.29, 0.717) is 11.9 Å². The summed E-state index contributed by atoms with van der Waals surface area (Å²) in [6.07, 6.45) is 4.30. The molecule has 4 heteroatoms. The van der Waals surface area contributed by atoms with Crippen molar-refractivity contribution in [1.82, 2.24) is 9.97 Å². The minimum atomic E-state index is 0.661. The molecule has 0 saturated heterocycles. The smallest absolute Gasteiger partial charge is 0.223 e. The van der Waals surface area contributed by atoms with Crippen molar-refractivity contribution in [2.75, 3.05) is 17.2 Å². The van der Waals surface area contributed by atoms with Crippen LogP contribution in [0.2, 0.25) is 0 Å². The van der Waals surface area contributed by atoms with E-state index in [-0.39, 0.29) is 0 Å². The molecule has 4 nitrogen and oxygen atoms in total. The third-order valence-electron chi connectivity index (χ3n) is 3.55. The van der Waals surface area contributed by atoms with Crippen LogP contribution in [0.1, 0.15) is 19.8 Å². The van der Waals surface area contributed by atoms with Crippen LogP contribution < -0.4 is 10.6 Å². The first kappa shape index (κ1) is 13.6. The number of hydrogen-bond acceptors (Lipinski definition) is 4. The monoisotopic (exact) mass is 280 g/mol. The Morgan fingerprint density at radius 3 is 2.67 bits per heavy atom. The van der Waals surface area contributed by atoms with Gasteiger partial charge in [0.1, 0.15) is 0 Å². The SMILES string of the molecule is C=C(Nc1ccc(-c2ccnc(NCC)n2)cc1)C1CC1. The van der Waals surface area contributed by atoms with Gasteiger partial charge in [-0.2, -0.15) is 0 Å². The van der Waals surface area contributed by atoms with E-state index in [1.165, 1.54) is 12.8 Å². The van der Waals surface area contributed by atoms with Crippen LogP contribution in [-0.2, 0) is 0 Å². The molecule has 2 N–H and O–H groups in total. The normalized spacial score (nSPS) is 13.8. The van der Waals surface area contributed by atoms with Crippen LogP contribution in [0.4, 0.5) is 11.6 Å². The van der Waals surface area contributed by atoms with Crippen molar-refractivity contribution in [3.63, 3.8) is 0 Å². The number of rotatable bonds is 6. The standard InChI is InChI=1S/C17H20N4/c1-3-18-17-19-11-10-16(21-17)14-6-8-15(9-7-14)20-12(2)13-4-5-13/h6-11,13,20H,2-5H2,1H3,(H,18,19,21). The van der Waals surface area contributed by atoms with Crippen LogP contribution in [-0.4, -0.2) is 16.5 Å². The molecule has 1 saturated carbocycles. The molecule has 1 aliphatic rings. The van der Waals surface area contributed by atoms with Crippen molar-refractivity contribution in [2.45, 2.75) is 19.8 Å². The van der Waals surface area contributed by atoms with Crippen LogP contribution in [0, 0.1) is 5.92 Å². The van der Waals surface area contributed by atoms with E-state index in [1.807, 2.05) is 13.0 Å². The van der Waals surface area contributed by atoms with E-state index >= 15 is 0 Å². The number of nitrogens with one attached hydrogen (secondary N) is 2. The maximum atomic E-state index is 4.50.